The molecule has 1 saturated heterocycles. The van der Waals surface area contributed by atoms with Crippen molar-refractivity contribution in [3.8, 4) is 6.07 Å². The Labute approximate surface area is 157 Å². The molecule has 0 unspecified atom stereocenters. The van der Waals surface area contributed by atoms with E-state index in [9.17, 15) is 10.1 Å². The summed E-state index contributed by atoms with van der Waals surface area (Å²) in [4.78, 5) is 25.1. The van der Waals surface area contributed by atoms with Crippen LogP contribution in [0.15, 0.2) is 48.8 Å². The van der Waals surface area contributed by atoms with Crippen LogP contribution in [0.2, 0.25) is 0 Å². The van der Waals surface area contributed by atoms with Gasteiger partial charge < -0.3 is 14.8 Å². The summed E-state index contributed by atoms with van der Waals surface area (Å²) in [5.74, 6) is -0.0224. The molecule has 27 heavy (non-hydrogen) atoms. The molecule has 0 atom stereocenters. The Morgan fingerprint density at radius 1 is 1.19 bits per heavy atom. The van der Waals surface area contributed by atoms with Gasteiger partial charge in [-0.1, -0.05) is 12.1 Å². The highest BCUT2D eigenvalue weighted by molar-refractivity contribution is 5.98. The van der Waals surface area contributed by atoms with E-state index in [4.69, 9.17) is 0 Å². The molecule has 2 aromatic heterocycles. The van der Waals surface area contributed by atoms with E-state index in [1.807, 2.05) is 23.4 Å². The SMILES string of the molecule is N#Cc1ccccc1C(=O)N1CCN(c2ccnc3[nH]ccc23)CC12CC2. The van der Waals surface area contributed by atoms with Gasteiger partial charge in [0.15, 0.2) is 0 Å². The van der Waals surface area contributed by atoms with Gasteiger partial charge >= 0.3 is 0 Å². The summed E-state index contributed by atoms with van der Waals surface area (Å²) in [7, 11) is 0. The second kappa shape index (κ2) is 5.85. The Bertz CT molecular complexity index is 1080. The van der Waals surface area contributed by atoms with Crippen LogP contribution in [-0.4, -0.2) is 45.9 Å². The van der Waals surface area contributed by atoms with Crippen LogP contribution in [-0.2, 0) is 0 Å². The summed E-state index contributed by atoms with van der Waals surface area (Å²) >= 11 is 0. The van der Waals surface area contributed by atoms with Crippen molar-refractivity contribution in [1.29, 1.82) is 5.26 Å². The molecule has 1 amide bonds. The first-order chi connectivity index (χ1) is 13.2. The van der Waals surface area contributed by atoms with Crippen LogP contribution < -0.4 is 4.90 Å². The molecule has 1 aliphatic carbocycles. The Morgan fingerprint density at radius 3 is 2.85 bits per heavy atom. The van der Waals surface area contributed by atoms with Gasteiger partial charge in [0.05, 0.1) is 22.7 Å². The number of nitriles is 1. The fourth-order valence-electron chi connectivity index (χ4n) is 4.21. The smallest absolute Gasteiger partial charge is 0.255 e. The minimum Gasteiger partial charge on any atom is -0.367 e. The molecule has 1 aliphatic heterocycles. The second-order valence-electron chi connectivity index (χ2n) is 7.33. The fourth-order valence-corrected chi connectivity index (χ4v) is 4.21. The van der Waals surface area contributed by atoms with Crippen molar-refractivity contribution in [2.75, 3.05) is 24.5 Å². The maximum absolute atomic E-state index is 13.2. The highest BCUT2D eigenvalue weighted by Gasteiger charge is 2.53. The number of hydrogen-bond acceptors (Lipinski definition) is 4. The number of piperazine rings is 1. The average Bonchev–Trinajstić information content (AvgIpc) is 3.29. The van der Waals surface area contributed by atoms with Crippen molar-refractivity contribution in [3.05, 3.63) is 59.9 Å². The molecule has 3 aromatic rings. The summed E-state index contributed by atoms with van der Waals surface area (Å²) < 4.78 is 0. The molecule has 2 fully saturated rings. The molecule has 5 rings (SSSR count). The van der Waals surface area contributed by atoms with Crippen LogP contribution in [0.25, 0.3) is 11.0 Å². The number of hydrogen-bond donors (Lipinski definition) is 1. The predicted molar refractivity (Wildman–Crippen MR) is 102 cm³/mol. The van der Waals surface area contributed by atoms with Crippen molar-refractivity contribution >= 4 is 22.6 Å². The number of nitrogens with one attached hydrogen (secondary N) is 1. The first-order valence-corrected chi connectivity index (χ1v) is 9.20. The van der Waals surface area contributed by atoms with E-state index < -0.39 is 0 Å². The zero-order valence-electron chi connectivity index (χ0n) is 14.9. The standard InChI is InChI=1S/C21H19N5O/c22-13-15-3-1-2-4-16(15)20(27)26-12-11-25(14-21(26)7-8-21)18-6-10-24-19-17(18)5-9-23-19/h1-6,9-10H,7-8,11-12,14H2,(H,23,24). The number of H-pyrrole nitrogens is 1. The zero-order chi connectivity index (χ0) is 18.4. The van der Waals surface area contributed by atoms with Gasteiger partial charge in [0.1, 0.15) is 5.65 Å². The number of aromatic nitrogens is 2. The Hall–Kier alpha value is -3.33. The summed E-state index contributed by atoms with van der Waals surface area (Å²) in [6.07, 6.45) is 5.75. The van der Waals surface area contributed by atoms with Crippen molar-refractivity contribution in [2.45, 2.75) is 18.4 Å². The van der Waals surface area contributed by atoms with Crippen molar-refractivity contribution in [2.24, 2.45) is 0 Å². The van der Waals surface area contributed by atoms with Gasteiger partial charge in [-0.3, -0.25) is 4.79 Å². The summed E-state index contributed by atoms with van der Waals surface area (Å²) in [5.41, 5.74) is 2.89. The largest absolute Gasteiger partial charge is 0.367 e. The molecule has 1 N–H and O–H groups in total. The van der Waals surface area contributed by atoms with Crippen LogP contribution in [0, 0.1) is 11.3 Å². The number of carbonyl (C=O) groups is 1. The Balaban J connectivity index is 1.44. The topological polar surface area (TPSA) is 76.0 Å². The van der Waals surface area contributed by atoms with Gasteiger partial charge in [-0.05, 0) is 37.1 Å². The van der Waals surface area contributed by atoms with Crippen molar-refractivity contribution in [3.63, 3.8) is 0 Å². The van der Waals surface area contributed by atoms with Gasteiger partial charge in [-0.25, -0.2) is 4.98 Å². The van der Waals surface area contributed by atoms with E-state index in [1.165, 1.54) is 0 Å². The third-order valence-electron chi connectivity index (χ3n) is 5.78. The molecule has 1 spiro atoms. The van der Waals surface area contributed by atoms with E-state index in [1.54, 1.807) is 18.2 Å². The normalized spacial score (nSPS) is 17.9. The van der Waals surface area contributed by atoms with E-state index in [0.717, 1.165) is 42.7 Å². The molecule has 6 heteroatoms. The molecule has 1 saturated carbocycles. The number of aromatic amines is 1. The van der Waals surface area contributed by atoms with Gasteiger partial charge in [-0.2, -0.15) is 5.26 Å². The average molecular weight is 357 g/mol. The van der Waals surface area contributed by atoms with Crippen molar-refractivity contribution < 1.29 is 4.79 Å². The highest BCUT2D eigenvalue weighted by atomic mass is 16.2. The number of rotatable bonds is 2. The van der Waals surface area contributed by atoms with Crippen LogP contribution in [0.4, 0.5) is 5.69 Å². The predicted octanol–water partition coefficient (Wildman–Crippen LogP) is 2.93. The number of fused-ring (bicyclic) bond motifs is 1. The summed E-state index contributed by atoms with van der Waals surface area (Å²) in [6, 6.07) is 13.3. The van der Waals surface area contributed by atoms with Crippen LogP contribution >= 0.6 is 0 Å². The highest BCUT2D eigenvalue weighted by Crippen LogP contribution is 2.46. The molecule has 134 valence electrons. The van der Waals surface area contributed by atoms with Crippen LogP contribution in [0.1, 0.15) is 28.8 Å². The maximum Gasteiger partial charge on any atom is 0.255 e. The number of nitrogens with zero attached hydrogens (tertiary/aromatic N) is 4. The van der Waals surface area contributed by atoms with Gasteiger partial charge in [0, 0.05) is 43.1 Å². The minimum absolute atomic E-state index is 0.0224. The third-order valence-corrected chi connectivity index (χ3v) is 5.78. The number of amides is 1. The lowest BCUT2D eigenvalue weighted by atomic mass is 10.0. The summed E-state index contributed by atoms with van der Waals surface area (Å²) in [5, 5.41) is 10.5. The third kappa shape index (κ3) is 2.47. The number of benzene rings is 1. The molecule has 1 aromatic carbocycles. The molecule has 3 heterocycles. The van der Waals surface area contributed by atoms with Crippen molar-refractivity contribution in [1.82, 2.24) is 14.9 Å². The van der Waals surface area contributed by atoms with Crippen LogP contribution in [0.5, 0.6) is 0 Å². The molecule has 0 bridgehead atoms. The second-order valence-corrected chi connectivity index (χ2v) is 7.33. The van der Waals surface area contributed by atoms with E-state index in [0.29, 0.717) is 17.7 Å². The molecular weight excluding hydrogens is 338 g/mol. The molecule has 6 nitrogen and oxygen atoms in total. The fraction of sp³-hybridized carbons (Fsp3) is 0.286. The van der Waals surface area contributed by atoms with E-state index >= 15 is 0 Å². The quantitative estimate of drug-likeness (QED) is 0.765. The van der Waals surface area contributed by atoms with Gasteiger partial charge in [0.25, 0.3) is 5.91 Å². The first kappa shape index (κ1) is 15.9. The lowest BCUT2D eigenvalue weighted by Crippen LogP contribution is -2.57. The number of anilines is 1. The Morgan fingerprint density at radius 2 is 2.04 bits per heavy atom. The van der Waals surface area contributed by atoms with Gasteiger partial charge in [-0.15, -0.1) is 0 Å². The number of carbonyl (C=O) groups excluding carboxylic acids is 1. The molecule has 2 aliphatic rings. The molecular formula is C21H19N5O. The van der Waals surface area contributed by atoms with E-state index in [2.05, 4.69) is 33.1 Å². The maximum atomic E-state index is 13.2. The lowest BCUT2D eigenvalue weighted by Gasteiger charge is -2.43. The summed E-state index contributed by atoms with van der Waals surface area (Å²) in [6.45, 7) is 2.25. The van der Waals surface area contributed by atoms with E-state index in [-0.39, 0.29) is 11.4 Å². The molecule has 0 radical (unpaired) electrons. The lowest BCUT2D eigenvalue weighted by molar-refractivity contribution is 0.0624. The Kier molecular flexibility index (Phi) is 3.44. The monoisotopic (exact) mass is 357 g/mol. The first-order valence-electron chi connectivity index (χ1n) is 9.20. The zero-order valence-corrected chi connectivity index (χ0v) is 14.9. The van der Waals surface area contributed by atoms with Gasteiger partial charge in [0.2, 0.25) is 0 Å². The minimum atomic E-state index is -0.121. The van der Waals surface area contributed by atoms with Crippen LogP contribution in [0.3, 0.4) is 0 Å². The number of pyridine rings is 1.